The largest absolute Gasteiger partial charge is 0.486 e. The number of benzene rings is 1. The number of nitrogens with zero attached hydrogens (tertiary/aromatic N) is 2. The molecule has 0 atom stereocenters. The van der Waals surface area contributed by atoms with Gasteiger partial charge in [0.25, 0.3) is 0 Å². The molecule has 1 aromatic carbocycles. The highest BCUT2D eigenvalue weighted by molar-refractivity contribution is 7.99. The third-order valence-electron chi connectivity index (χ3n) is 3.90. The Kier molecular flexibility index (Phi) is 6.23. The van der Waals surface area contributed by atoms with Gasteiger partial charge in [-0.3, -0.25) is 10.1 Å². The number of hydrogen-bond donors (Lipinski definition) is 2. The molecular formula is C18H22N4O4S. The van der Waals surface area contributed by atoms with Gasteiger partial charge in [0.2, 0.25) is 5.91 Å². The van der Waals surface area contributed by atoms with Crippen molar-refractivity contribution < 1.29 is 19.1 Å². The Morgan fingerprint density at radius 1 is 1.22 bits per heavy atom. The fourth-order valence-corrected chi connectivity index (χ4v) is 3.55. The van der Waals surface area contributed by atoms with Crippen LogP contribution >= 0.6 is 11.8 Å². The number of urea groups is 1. The van der Waals surface area contributed by atoms with Crippen molar-refractivity contribution in [2.24, 2.45) is 0 Å². The quantitative estimate of drug-likeness (QED) is 0.735. The predicted octanol–water partition coefficient (Wildman–Crippen LogP) is 2.28. The smallest absolute Gasteiger partial charge is 0.321 e. The average Bonchev–Trinajstić information content (AvgIpc) is 3.09. The first kappa shape index (κ1) is 19.1. The molecule has 3 amide bonds. The zero-order valence-electron chi connectivity index (χ0n) is 15.3. The van der Waals surface area contributed by atoms with E-state index in [-0.39, 0.29) is 11.7 Å². The number of rotatable bonds is 6. The monoisotopic (exact) mass is 390 g/mol. The minimum atomic E-state index is -0.487. The molecule has 1 aliphatic rings. The Hall–Kier alpha value is -2.68. The van der Waals surface area contributed by atoms with Gasteiger partial charge < -0.3 is 19.4 Å². The number of imide groups is 1. The third-order valence-corrected chi connectivity index (χ3v) is 4.89. The van der Waals surface area contributed by atoms with Crippen molar-refractivity contribution in [1.82, 2.24) is 20.2 Å². The van der Waals surface area contributed by atoms with Crippen molar-refractivity contribution >= 4 is 23.7 Å². The second kappa shape index (κ2) is 8.81. The number of carbonyl (C=O) groups excluding carboxylic acids is 2. The van der Waals surface area contributed by atoms with Gasteiger partial charge in [0, 0.05) is 18.7 Å². The molecule has 2 N–H and O–H groups in total. The van der Waals surface area contributed by atoms with Crippen LogP contribution in [0.4, 0.5) is 4.79 Å². The summed E-state index contributed by atoms with van der Waals surface area (Å²) in [5, 5.41) is 5.52. The Morgan fingerprint density at radius 3 is 2.74 bits per heavy atom. The number of amides is 3. The van der Waals surface area contributed by atoms with E-state index in [1.807, 2.05) is 29.7 Å². The van der Waals surface area contributed by atoms with Crippen molar-refractivity contribution in [3.63, 3.8) is 0 Å². The zero-order valence-corrected chi connectivity index (χ0v) is 16.1. The molecule has 0 aliphatic carbocycles. The van der Waals surface area contributed by atoms with Gasteiger partial charge in [0.05, 0.1) is 17.6 Å². The number of fused-ring (bicyclic) bond motifs is 1. The molecule has 0 bridgehead atoms. The van der Waals surface area contributed by atoms with Gasteiger partial charge in [-0.05, 0) is 32.0 Å². The molecule has 8 nitrogen and oxygen atoms in total. The maximum Gasteiger partial charge on any atom is 0.321 e. The number of imidazole rings is 1. The third kappa shape index (κ3) is 4.54. The number of nitrogens with one attached hydrogen (secondary N) is 2. The Bertz CT molecular complexity index is 837. The summed E-state index contributed by atoms with van der Waals surface area (Å²) in [6.07, 6.45) is 1.78. The van der Waals surface area contributed by atoms with Crippen LogP contribution in [0.25, 0.3) is 11.3 Å². The van der Waals surface area contributed by atoms with Gasteiger partial charge in [0.15, 0.2) is 16.7 Å². The Labute approximate surface area is 161 Å². The summed E-state index contributed by atoms with van der Waals surface area (Å²) in [5.74, 6) is 1.20. The van der Waals surface area contributed by atoms with Crippen LogP contribution in [-0.2, 0) is 11.3 Å². The Morgan fingerprint density at radius 2 is 2.00 bits per heavy atom. The number of carbonyl (C=O) groups is 2. The number of ether oxygens (including phenoxy) is 2. The molecule has 2 aromatic rings. The van der Waals surface area contributed by atoms with E-state index < -0.39 is 6.03 Å². The summed E-state index contributed by atoms with van der Waals surface area (Å²) in [6, 6.07) is 5.31. The van der Waals surface area contributed by atoms with Crippen molar-refractivity contribution in [3.8, 4) is 22.8 Å². The highest BCUT2D eigenvalue weighted by Crippen LogP contribution is 2.35. The summed E-state index contributed by atoms with van der Waals surface area (Å²) in [4.78, 5) is 27.7. The van der Waals surface area contributed by atoms with E-state index in [1.165, 1.54) is 11.8 Å². The summed E-state index contributed by atoms with van der Waals surface area (Å²) < 4.78 is 13.2. The van der Waals surface area contributed by atoms with Crippen LogP contribution < -0.4 is 20.1 Å². The van der Waals surface area contributed by atoms with Crippen LogP contribution in [0.5, 0.6) is 11.5 Å². The maximum atomic E-state index is 11.9. The molecule has 1 aliphatic heterocycles. The van der Waals surface area contributed by atoms with Gasteiger partial charge in [-0.25, -0.2) is 9.78 Å². The highest BCUT2D eigenvalue weighted by Gasteiger charge is 2.17. The Balaban J connectivity index is 1.71. The number of aromatic nitrogens is 2. The van der Waals surface area contributed by atoms with Crippen LogP contribution in [0, 0.1) is 0 Å². The molecule has 2 heterocycles. The lowest BCUT2D eigenvalue weighted by Gasteiger charge is -2.19. The van der Waals surface area contributed by atoms with Crippen molar-refractivity contribution in [2.75, 3.05) is 25.5 Å². The van der Waals surface area contributed by atoms with E-state index in [9.17, 15) is 9.59 Å². The fourth-order valence-electron chi connectivity index (χ4n) is 2.71. The van der Waals surface area contributed by atoms with Crippen molar-refractivity contribution in [2.45, 2.75) is 25.5 Å². The van der Waals surface area contributed by atoms with Crippen LogP contribution in [0.1, 0.15) is 13.8 Å². The van der Waals surface area contributed by atoms with E-state index in [0.717, 1.165) is 22.8 Å². The van der Waals surface area contributed by atoms with E-state index in [0.29, 0.717) is 31.5 Å². The molecule has 27 heavy (non-hydrogen) atoms. The number of hydrogen-bond acceptors (Lipinski definition) is 6. The first-order valence-electron chi connectivity index (χ1n) is 8.78. The van der Waals surface area contributed by atoms with E-state index >= 15 is 0 Å². The molecule has 3 rings (SSSR count). The minimum absolute atomic E-state index is 0.106. The van der Waals surface area contributed by atoms with Gasteiger partial charge in [-0.2, -0.15) is 0 Å². The molecule has 0 fully saturated rings. The topological polar surface area (TPSA) is 94.5 Å². The number of thioether (sulfide) groups is 1. The molecular weight excluding hydrogens is 368 g/mol. The molecule has 0 spiro atoms. The molecule has 0 radical (unpaired) electrons. The molecule has 1 aromatic heterocycles. The molecule has 0 unspecified atom stereocenters. The SMILES string of the molecule is CCNC(=O)NC(=O)CSc1ncc(-c2ccc3c(c2)OCCO3)n1CC. The molecule has 144 valence electrons. The summed E-state index contributed by atoms with van der Waals surface area (Å²) in [7, 11) is 0. The zero-order chi connectivity index (χ0) is 19.2. The predicted molar refractivity (Wildman–Crippen MR) is 102 cm³/mol. The van der Waals surface area contributed by atoms with Gasteiger partial charge >= 0.3 is 6.03 Å². The first-order chi connectivity index (χ1) is 13.1. The van der Waals surface area contributed by atoms with Crippen LogP contribution in [0.3, 0.4) is 0 Å². The lowest BCUT2D eigenvalue weighted by Crippen LogP contribution is -2.40. The summed E-state index contributed by atoms with van der Waals surface area (Å²) in [6.45, 7) is 6.05. The van der Waals surface area contributed by atoms with E-state index in [1.54, 1.807) is 13.1 Å². The first-order valence-corrected chi connectivity index (χ1v) is 9.77. The lowest BCUT2D eigenvalue weighted by atomic mass is 10.1. The second-order valence-corrected chi connectivity index (χ2v) is 6.67. The summed E-state index contributed by atoms with van der Waals surface area (Å²) >= 11 is 1.29. The standard InChI is InChI=1S/C18H22N4O4S/c1-3-19-17(24)21-16(23)11-27-18-20-10-13(22(18)4-2)12-5-6-14-15(9-12)26-8-7-25-14/h5-6,9-10H,3-4,7-8,11H2,1-2H3,(H2,19,21,23,24). The minimum Gasteiger partial charge on any atom is -0.486 e. The average molecular weight is 390 g/mol. The van der Waals surface area contributed by atoms with Crippen molar-refractivity contribution in [1.29, 1.82) is 0 Å². The van der Waals surface area contributed by atoms with Crippen LogP contribution in [-0.4, -0.2) is 47.0 Å². The normalized spacial score (nSPS) is 12.5. The van der Waals surface area contributed by atoms with Crippen molar-refractivity contribution in [3.05, 3.63) is 24.4 Å². The second-order valence-electron chi connectivity index (χ2n) is 5.73. The van der Waals surface area contributed by atoms with Crippen LogP contribution in [0.15, 0.2) is 29.6 Å². The highest BCUT2D eigenvalue weighted by atomic mass is 32.2. The van der Waals surface area contributed by atoms with E-state index in [2.05, 4.69) is 15.6 Å². The van der Waals surface area contributed by atoms with Gasteiger partial charge in [0.1, 0.15) is 13.2 Å². The van der Waals surface area contributed by atoms with Gasteiger partial charge in [-0.15, -0.1) is 0 Å². The summed E-state index contributed by atoms with van der Waals surface area (Å²) in [5.41, 5.74) is 1.90. The van der Waals surface area contributed by atoms with E-state index in [4.69, 9.17) is 9.47 Å². The maximum absolute atomic E-state index is 11.9. The van der Waals surface area contributed by atoms with Gasteiger partial charge in [-0.1, -0.05) is 11.8 Å². The fraction of sp³-hybridized carbons (Fsp3) is 0.389. The van der Waals surface area contributed by atoms with Crippen LogP contribution in [0.2, 0.25) is 0 Å². The lowest BCUT2D eigenvalue weighted by molar-refractivity contribution is -0.117. The molecule has 9 heteroatoms. The molecule has 0 saturated heterocycles. The molecule has 0 saturated carbocycles.